The molecule has 0 spiro atoms. The molecule has 0 bridgehead atoms. The first kappa shape index (κ1) is 15.3. The minimum absolute atomic E-state index is 0.119. The van der Waals surface area contributed by atoms with Crippen LogP contribution in [0.3, 0.4) is 0 Å². The second-order valence-electron chi connectivity index (χ2n) is 4.61. The highest BCUT2D eigenvalue weighted by Crippen LogP contribution is 2.15. The molecule has 2 heterocycles. The normalized spacial score (nSPS) is 10.5. The molecule has 0 atom stereocenters. The smallest absolute Gasteiger partial charge is 0.279 e. The first-order valence-electron chi connectivity index (χ1n) is 6.51. The maximum Gasteiger partial charge on any atom is 0.279 e. The number of H-pyrrole nitrogens is 1. The van der Waals surface area contributed by atoms with E-state index in [9.17, 15) is 14.4 Å². The number of benzene rings is 1. The average Bonchev–Trinajstić information content (AvgIpc) is 3.08. The highest BCUT2D eigenvalue weighted by Gasteiger charge is 2.14. The second kappa shape index (κ2) is 6.23. The van der Waals surface area contributed by atoms with Gasteiger partial charge in [-0.05, 0) is 29.6 Å². The Bertz CT molecular complexity index is 950. The largest absolute Gasteiger partial charge is 0.360 e. The summed E-state index contributed by atoms with van der Waals surface area (Å²) in [5, 5.41) is 2.44. The molecule has 2 amide bonds. The molecule has 0 unspecified atom stereocenters. The van der Waals surface area contributed by atoms with Gasteiger partial charge in [0.1, 0.15) is 5.56 Å². The number of hydrogen-bond donors (Lipinski definition) is 3. The number of hydrazine groups is 1. The third kappa shape index (κ3) is 3.10. The zero-order valence-electron chi connectivity index (χ0n) is 11.6. The number of thiophene rings is 1. The van der Waals surface area contributed by atoms with Crippen molar-refractivity contribution in [3.05, 3.63) is 67.6 Å². The number of carbonyl (C=O) groups excluding carboxylic acids is 2. The predicted molar refractivity (Wildman–Crippen MR) is 88.8 cm³/mol. The van der Waals surface area contributed by atoms with Crippen LogP contribution in [0.15, 0.2) is 46.7 Å². The van der Waals surface area contributed by atoms with Crippen LogP contribution in [-0.4, -0.2) is 16.8 Å². The molecule has 0 fully saturated rings. The minimum atomic E-state index is -0.710. The monoisotopic (exact) mass is 347 g/mol. The molecule has 2 aromatic heterocycles. The van der Waals surface area contributed by atoms with Crippen molar-refractivity contribution in [2.45, 2.75) is 0 Å². The highest BCUT2D eigenvalue weighted by atomic mass is 35.5. The number of aromatic nitrogens is 1. The third-order valence-corrected chi connectivity index (χ3v) is 4.23. The molecule has 1 aromatic carbocycles. The lowest BCUT2D eigenvalue weighted by Crippen LogP contribution is -2.43. The summed E-state index contributed by atoms with van der Waals surface area (Å²) in [7, 11) is 0. The van der Waals surface area contributed by atoms with Crippen molar-refractivity contribution in [1.82, 2.24) is 15.8 Å². The standard InChI is InChI=1S/C15H10ClN3O3S/c16-8-3-4-11-9(6-8)13(20)10(7-17-11)14(21)18-19-15(22)12-2-1-5-23-12/h1-7H,(H,17,20)(H,18,21)(H,19,22). The number of amides is 2. The van der Waals surface area contributed by atoms with Crippen LogP contribution in [0.2, 0.25) is 5.02 Å². The van der Waals surface area contributed by atoms with Gasteiger partial charge < -0.3 is 4.98 Å². The van der Waals surface area contributed by atoms with Gasteiger partial charge in [-0.2, -0.15) is 0 Å². The maximum atomic E-state index is 12.3. The topological polar surface area (TPSA) is 91.1 Å². The number of hydrogen-bond acceptors (Lipinski definition) is 4. The third-order valence-electron chi connectivity index (χ3n) is 3.12. The Morgan fingerprint density at radius 3 is 2.65 bits per heavy atom. The maximum absolute atomic E-state index is 12.3. The summed E-state index contributed by atoms with van der Waals surface area (Å²) in [6.07, 6.45) is 1.30. The summed E-state index contributed by atoms with van der Waals surface area (Å²) < 4.78 is 0. The van der Waals surface area contributed by atoms with Crippen LogP contribution in [0.5, 0.6) is 0 Å². The molecule has 3 aromatic rings. The van der Waals surface area contributed by atoms with Gasteiger partial charge in [0.15, 0.2) is 0 Å². The number of rotatable bonds is 2. The first-order valence-corrected chi connectivity index (χ1v) is 7.77. The van der Waals surface area contributed by atoms with E-state index in [1.807, 2.05) is 0 Å². The van der Waals surface area contributed by atoms with Gasteiger partial charge in [0, 0.05) is 22.1 Å². The van der Waals surface area contributed by atoms with E-state index in [0.717, 1.165) is 0 Å². The average molecular weight is 348 g/mol. The Morgan fingerprint density at radius 2 is 1.91 bits per heavy atom. The van der Waals surface area contributed by atoms with E-state index in [4.69, 9.17) is 11.6 Å². The quantitative estimate of drug-likeness (QED) is 0.621. The van der Waals surface area contributed by atoms with Crippen molar-refractivity contribution in [2.75, 3.05) is 0 Å². The van der Waals surface area contributed by atoms with E-state index >= 15 is 0 Å². The van der Waals surface area contributed by atoms with Crippen LogP contribution in [0.4, 0.5) is 0 Å². The second-order valence-corrected chi connectivity index (χ2v) is 5.99. The lowest BCUT2D eigenvalue weighted by atomic mass is 10.1. The minimum Gasteiger partial charge on any atom is -0.360 e. The molecule has 0 aliphatic carbocycles. The number of halogens is 1. The van der Waals surface area contributed by atoms with E-state index in [1.54, 1.807) is 29.6 Å². The summed E-state index contributed by atoms with van der Waals surface area (Å²) in [5.41, 5.74) is 4.47. The number of nitrogens with one attached hydrogen (secondary N) is 3. The van der Waals surface area contributed by atoms with Crippen LogP contribution in [0.1, 0.15) is 20.0 Å². The van der Waals surface area contributed by atoms with Gasteiger partial charge in [-0.1, -0.05) is 17.7 Å². The molecule has 0 saturated carbocycles. The predicted octanol–water partition coefficient (Wildman–Crippen LogP) is 2.32. The van der Waals surface area contributed by atoms with Crippen molar-refractivity contribution in [3.8, 4) is 0 Å². The van der Waals surface area contributed by atoms with Crippen LogP contribution in [0, 0.1) is 0 Å². The Kier molecular flexibility index (Phi) is 4.14. The summed E-state index contributed by atoms with van der Waals surface area (Å²) in [6, 6.07) is 8.12. The molecule has 8 heteroatoms. The Balaban J connectivity index is 1.82. The summed E-state index contributed by atoms with van der Waals surface area (Å²) in [5.74, 6) is -1.16. The van der Waals surface area contributed by atoms with E-state index < -0.39 is 17.2 Å². The molecule has 3 N–H and O–H groups in total. The van der Waals surface area contributed by atoms with Gasteiger partial charge in [-0.15, -0.1) is 11.3 Å². The van der Waals surface area contributed by atoms with Gasteiger partial charge in [-0.3, -0.25) is 25.2 Å². The van der Waals surface area contributed by atoms with Crippen molar-refractivity contribution < 1.29 is 9.59 Å². The van der Waals surface area contributed by atoms with Gasteiger partial charge in [0.25, 0.3) is 11.8 Å². The molecule has 0 aliphatic heterocycles. The van der Waals surface area contributed by atoms with Crippen LogP contribution < -0.4 is 16.3 Å². The molecular weight excluding hydrogens is 338 g/mol. The zero-order valence-corrected chi connectivity index (χ0v) is 13.1. The SMILES string of the molecule is O=C(NNC(=O)c1c[nH]c2ccc(Cl)cc2c1=O)c1cccs1. The van der Waals surface area contributed by atoms with Gasteiger partial charge in [0.05, 0.1) is 4.88 Å². The fourth-order valence-electron chi connectivity index (χ4n) is 2.01. The first-order chi connectivity index (χ1) is 11.1. The lowest BCUT2D eigenvalue weighted by Gasteiger charge is -2.07. The molecule has 116 valence electrons. The number of pyridine rings is 1. The summed E-state index contributed by atoms with van der Waals surface area (Å²) in [4.78, 5) is 39.5. The number of carbonyl (C=O) groups is 2. The van der Waals surface area contributed by atoms with E-state index in [-0.39, 0.29) is 5.56 Å². The van der Waals surface area contributed by atoms with Gasteiger partial charge in [-0.25, -0.2) is 0 Å². The number of fused-ring (bicyclic) bond motifs is 1. The molecule has 3 rings (SSSR count). The van der Waals surface area contributed by atoms with Crippen molar-refractivity contribution in [1.29, 1.82) is 0 Å². The molecule has 6 nitrogen and oxygen atoms in total. The van der Waals surface area contributed by atoms with Crippen LogP contribution in [0.25, 0.3) is 10.9 Å². The molecule has 23 heavy (non-hydrogen) atoms. The number of aromatic amines is 1. The summed E-state index contributed by atoms with van der Waals surface area (Å²) in [6.45, 7) is 0. The Morgan fingerprint density at radius 1 is 1.13 bits per heavy atom. The highest BCUT2D eigenvalue weighted by molar-refractivity contribution is 7.12. The van der Waals surface area contributed by atoms with E-state index in [2.05, 4.69) is 15.8 Å². The Hall–Kier alpha value is -2.64. The van der Waals surface area contributed by atoms with Crippen molar-refractivity contribution in [3.63, 3.8) is 0 Å². The van der Waals surface area contributed by atoms with Crippen molar-refractivity contribution in [2.24, 2.45) is 0 Å². The van der Waals surface area contributed by atoms with E-state index in [1.165, 1.54) is 23.6 Å². The molecular formula is C15H10ClN3O3S. The Labute approximate surface area is 139 Å². The summed E-state index contributed by atoms with van der Waals surface area (Å²) >= 11 is 7.11. The van der Waals surface area contributed by atoms with E-state index in [0.29, 0.717) is 20.8 Å². The van der Waals surface area contributed by atoms with Crippen molar-refractivity contribution >= 4 is 45.7 Å². The van der Waals surface area contributed by atoms with Gasteiger partial charge >= 0.3 is 0 Å². The van der Waals surface area contributed by atoms with Crippen LogP contribution in [-0.2, 0) is 0 Å². The van der Waals surface area contributed by atoms with Gasteiger partial charge in [0.2, 0.25) is 5.43 Å². The molecule has 0 aliphatic rings. The zero-order chi connectivity index (χ0) is 16.4. The molecule has 0 radical (unpaired) electrons. The fourth-order valence-corrected chi connectivity index (χ4v) is 2.80. The van der Waals surface area contributed by atoms with Crippen LogP contribution >= 0.6 is 22.9 Å². The fraction of sp³-hybridized carbons (Fsp3) is 0. The molecule has 0 saturated heterocycles. The lowest BCUT2D eigenvalue weighted by molar-refractivity contribution is 0.0848.